The second-order valence-electron chi connectivity index (χ2n) is 4.32. The van der Waals surface area contributed by atoms with Crippen molar-refractivity contribution in [3.8, 4) is 11.5 Å². The number of aliphatic hydroxyl groups excluding tert-OH is 1. The molecule has 0 aromatic heterocycles. The molecule has 0 heterocycles. The fraction of sp³-hybridized carbons (Fsp3) is 0.250. The third-order valence-electron chi connectivity index (χ3n) is 3.06. The van der Waals surface area contributed by atoms with Gasteiger partial charge in [0.2, 0.25) is 0 Å². The molecule has 3 heteroatoms. The summed E-state index contributed by atoms with van der Waals surface area (Å²) in [6.07, 6.45) is 0.0262. The monoisotopic (exact) mass is 258 g/mol. The maximum atomic E-state index is 10.3. The molecule has 3 nitrogen and oxygen atoms in total. The van der Waals surface area contributed by atoms with Crippen LogP contribution in [-0.4, -0.2) is 19.3 Å². The van der Waals surface area contributed by atoms with Crippen molar-refractivity contribution < 1.29 is 14.6 Å². The highest BCUT2D eigenvalue weighted by molar-refractivity contribution is 5.43. The molecular weight excluding hydrogens is 240 g/mol. The molecule has 0 aliphatic carbocycles. The van der Waals surface area contributed by atoms with E-state index >= 15 is 0 Å². The van der Waals surface area contributed by atoms with Gasteiger partial charge in [0.15, 0.2) is 11.5 Å². The Labute approximate surface area is 113 Å². The summed E-state index contributed by atoms with van der Waals surface area (Å²) in [6, 6.07) is 15.4. The number of rotatable bonds is 5. The zero-order chi connectivity index (χ0) is 13.7. The third-order valence-corrected chi connectivity index (χ3v) is 3.06. The van der Waals surface area contributed by atoms with E-state index in [-0.39, 0.29) is 0 Å². The summed E-state index contributed by atoms with van der Waals surface area (Å²) in [5.41, 5.74) is 1.92. The summed E-state index contributed by atoms with van der Waals surface area (Å²) >= 11 is 0. The van der Waals surface area contributed by atoms with Crippen molar-refractivity contribution in [1.82, 2.24) is 0 Å². The molecule has 2 aromatic rings. The van der Waals surface area contributed by atoms with Crippen LogP contribution in [0.3, 0.4) is 0 Å². The highest BCUT2D eigenvalue weighted by atomic mass is 16.5. The highest BCUT2D eigenvalue weighted by Crippen LogP contribution is 2.30. The van der Waals surface area contributed by atoms with Crippen molar-refractivity contribution in [1.29, 1.82) is 0 Å². The van der Waals surface area contributed by atoms with Crippen LogP contribution in [0.15, 0.2) is 48.5 Å². The minimum absolute atomic E-state index is 0.554. The van der Waals surface area contributed by atoms with Gasteiger partial charge in [-0.3, -0.25) is 0 Å². The molecule has 0 saturated heterocycles. The SMILES string of the molecule is COc1ccc([C@H](O)Cc2ccccc2)cc1OC. The van der Waals surface area contributed by atoms with Gasteiger partial charge in [0.25, 0.3) is 0 Å². The zero-order valence-corrected chi connectivity index (χ0v) is 11.2. The summed E-state index contributed by atoms with van der Waals surface area (Å²) in [7, 11) is 3.18. The van der Waals surface area contributed by atoms with Gasteiger partial charge in [0.1, 0.15) is 0 Å². The Morgan fingerprint density at radius 3 is 2.26 bits per heavy atom. The Kier molecular flexibility index (Phi) is 4.42. The van der Waals surface area contributed by atoms with Crippen molar-refractivity contribution in [2.75, 3.05) is 14.2 Å². The fourth-order valence-corrected chi connectivity index (χ4v) is 2.02. The van der Waals surface area contributed by atoms with Crippen LogP contribution in [0.1, 0.15) is 17.2 Å². The molecule has 2 rings (SSSR count). The molecular formula is C16H18O3. The molecule has 1 N–H and O–H groups in total. The van der Waals surface area contributed by atoms with Crippen molar-refractivity contribution in [2.45, 2.75) is 12.5 Å². The summed E-state index contributed by atoms with van der Waals surface area (Å²) in [5, 5.41) is 10.3. The first kappa shape index (κ1) is 13.4. The standard InChI is InChI=1S/C16H18O3/c1-18-15-9-8-13(11-16(15)19-2)14(17)10-12-6-4-3-5-7-12/h3-9,11,14,17H,10H2,1-2H3/t14-/m1/s1. The van der Waals surface area contributed by atoms with E-state index in [0.29, 0.717) is 17.9 Å². The van der Waals surface area contributed by atoms with E-state index < -0.39 is 6.10 Å². The maximum absolute atomic E-state index is 10.3. The molecule has 0 bridgehead atoms. The topological polar surface area (TPSA) is 38.7 Å². The second kappa shape index (κ2) is 6.25. The highest BCUT2D eigenvalue weighted by Gasteiger charge is 2.12. The fourth-order valence-electron chi connectivity index (χ4n) is 2.02. The quantitative estimate of drug-likeness (QED) is 0.896. The van der Waals surface area contributed by atoms with Gasteiger partial charge >= 0.3 is 0 Å². The zero-order valence-electron chi connectivity index (χ0n) is 11.2. The van der Waals surface area contributed by atoms with Gasteiger partial charge in [-0.1, -0.05) is 36.4 Å². The van der Waals surface area contributed by atoms with Crippen LogP contribution in [0, 0.1) is 0 Å². The number of hydrogen-bond acceptors (Lipinski definition) is 3. The van der Waals surface area contributed by atoms with Crippen molar-refractivity contribution in [2.24, 2.45) is 0 Å². The molecule has 0 spiro atoms. The van der Waals surface area contributed by atoms with Crippen LogP contribution in [0.2, 0.25) is 0 Å². The van der Waals surface area contributed by atoms with E-state index in [0.717, 1.165) is 11.1 Å². The molecule has 100 valence electrons. The van der Waals surface area contributed by atoms with Crippen molar-refractivity contribution >= 4 is 0 Å². The Balaban J connectivity index is 2.17. The number of ether oxygens (including phenoxy) is 2. The van der Waals surface area contributed by atoms with E-state index in [1.54, 1.807) is 14.2 Å². The first-order chi connectivity index (χ1) is 9.24. The molecule has 2 aromatic carbocycles. The Bertz CT molecular complexity index is 523. The minimum atomic E-state index is -0.554. The van der Waals surface area contributed by atoms with Crippen LogP contribution in [0.4, 0.5) is 0 Å². The molecule has 0 amide bonds. The lowest BCUT2D eigenvalue weighted by Crippen LogP contribution is -2.02. The maximum Gasteiger partial charge on any atom is 0.161 e. The van der Waals surface area contributed by atoms with Gasteiger partial charge in [0, 0.05) is 6.42 Å². The second-order valence-corrected chi connectivity index (χ2v) is 4.32. The normalized spacial score (nSPS) is 11.9. The molecule has 0 fully saturated rings. The smallest absolute Gasteiger partial charge is 0.161 e. The van der Waals surface area contributed by atoms with E-state index in [9.17, 15) is 5.11 Å². The predicted molar refractivity (Wildman–Crippen MR) is 74.7 cm³/mol. The Morgan fingerprint density at radius 1 is 0.947 bits per heavy atom. The number of aliphatic hydroxyl groups is 1. The average Bonchev–Trinajstić information content (AvgIpc) is 2.47. The van der Waals surface area contributed by atoms with Crippen LogP contribution < -0.4 is 9.47 Å². The predicted octanol–water partition coefficient (Wildman–Crippen LogP) is 2.98. The molecule has 0 aliphatic rings. The third kappa shape index (κ3) is 3.26. The first-order valence-corrected chi connectivity index (χ1v) is 6.18. The Morgan fingerprint density at radius 2 is 1.63 bits per heavy atom. The molecule has 0 aliphatic heterocycles. The number of methoxy groups -OCH3 is 2. The van der Waals surface area contributed by atoms with Gasteiger partial charge in [-0.25, -0.2) is 0 Å². The van der Waals surface area contributed by atoms with Crippen LogP contribution in [0.5, 0.6) is 11.5 Å². The lowest BCUT2D eigenvalue weighted by molar-refractivity contribution is 0.178. The van der Waals surface area contributed by atoms with E-state index in [2.05, 4.69) is 0 Å². The van der Waals surface area contributed by atoms with Crippen LogP contribution in [-0.2, 0) is 6.42 Å². The van der Waals surface area contributed by atoms with E-state index in [1.165, 1.54) is 0 Å². The number of benzene rings is 2. The molecule has 0 unspecified atom stereocenters. The molecule has 0 radical (unpaired) electrons. The van der Waals surface area contributed by atoms with Gasteiger partial charge in [-0.2, -0.15) is 0 Å². The van der Waals surface area contributed by atoms with Crippen molar-refractivity contribution in [3.63, 3.8) is 0 Å². The largest absolute Gasteiger partial charge is 0.493 e. The van der Waals surface area contributed by atoms with Gasteiger partial charge < -0.3 is 14.6 Å². The first-order valence-electron chi connectivity index (χ1n) is 6.18. The van der Waals surface area contributed by atoms with Crippen LogP contribution >= 0.6 is 0 Å². The molecule has 0 saturated carbocycles. The van der Waals surface area contributed by atoms with Crippen molar-refractivity contribution in [3.05, 3.63) is 59.7 Å². The lowest BCUT2D eigenvalue weighted by Gasteiger charge is -2.14. The summed E-state index contributed by atoms with van der Waals surface area (Å²) in [5.74, 6) is 1.30. The minimum Gasteiger partial charge on any atom is -0.493 e. The van der Waals surface area contributed by atoms with Gasteiger partial charge in [0.05, 0.1) is 20.3 Å². The van der Waals surface area contributed by atoms with E-state index in [4.69, 9.17) is 9.47 Å². The van der Waals surface area contributed by atoms with Crippen LogP contribution in [0.25, 0.3) is 0 Å². The van der Waals surface area contributed by atoms with E-state index in [1.807, 2.05) is 48.5 Å². The molecule has 1 atom stereocenters. The lowest BCUT2D eigenvalue weighted by atomic mass is 10.0. The average molecular weight is 258 g/mol. The van der Waals surface area contributed by atoms with Gasteiger partial charge in [-0.15, -0.1) is 0 Å². The number of hydrogen-bond donors (Lipinski definition) is 1. The summed E-state index contributed by atoms with van der Waals surface area (Å²) < 4.78 is 10.4. The molecule has 19 heavy (non-hydrogen) atoms. The van der Waals surface area contributed by atoms with Gasteiger partial charge in [-0.05, 0) is 23.3 Å². The Hall–Kier alpha value is -2.00. The summed E-state index contributed by atoms with van der Waals surface area (Å²) in [4.78, 5) is 0. The summed E-state index contributed by atoms with van der Waals surface area (Å²) in [6.45, 7) is 0.